The molecule has 0 radical (unpaired) electrons. The summed E-state index contributed by atoms with van der Waals surface area (Å²) in [6, 6.07) is 17.1. The molecule has 0 unspecified atom stereocenters. The zero-order valence-corrected chi connectivity index (χ0v) is 17.4. The highest BCUT2D eigenvalue weighted by Crippen LogP contribution is 2.23. The molecule has 3 rings (SSSR count). The second-order valence-corrected chi connectivity index (χ2v) is 9.60. The molecule has 0 saturated carbocycles. The highest BCUT2D eigenvalue weighted by Gasteiger charge is 2.17. The average molecular weight is 398 g/mol. The van der Waals surface area contributed by atoms with Crippen LogP contribution in [0.1, 0.15) is 32.8 Å². The third kappa shape index (κ3) is 4.88. The van der Waals surface area contributed by atoms with E-state index in [2.05, 4.69) is 30.5 Å². The van der Waals surface area contributed by atoms with Crippen molar-refractivity contribution in [1.29, 1.82) is 0 Å². The van der Waals surface area contributed by atoms with Crippen molar-refractivity contribution < 1.29 is 8.42 Å². The summed E-state index contributed by atoms with van der Waals surface area (Å²) in [7, 11) is -3.50. The monoisotopic (exact) mass is 397 g/mol. The van der Waals surface area contributed by atoms with E-state index in [1.165, 1.54) is 0 Å². The van der Waals surface area contributed by atoms with Crippen molar-refractivity contribution in [2.45, 2.75) is 44.0 Å². The molecule has 0 spiro atoms. The van der Waals surface area contributed by atoms with Crippen LogP contribution in [0.25, 0.3) is 11.4 Å². The van der Waals surface area contributed by atoms with Crippen LogP contribution < -0.4 is 4.72 Å². The Balaban J connectivity index is 1.58. The zero-order chi connectivity index (χ0) is 20.2. The molecule has 1 N–H and O–H groups in total. The van der Waals surface area contributed by atoms with Crippen LogP contribution in [0.3, 0.4) is 0 Å². The van der Waals surface area contributed by atoms with E-state index < -0.39 is 10.0 Å². The largest absolute Gasteiger partial charge is 0.331 e. The van der Waals surface area contributed by atoms with Crippen LogP contribution in [0.15, 0.2) is 71.9 Å². The fourth-order valence-corrected chi connectivity index (χ4v) is 4.08. The van der Waals surface area contributed by atoms with E-state index >= 15 is 0 Å². The van der Waals surface area contributed by atoms with E-state index in [1.54, 1.807) is 18.3 Å². The van der Waals surface area contributed by atoms with Crippen molar-refractivity contribution in [3.05, 3.63) is 72.6 Å². The minimum atomic E-state index is -3.50. The number of aromatic nitrogens is 2. The van der Waals surface area contributed by atoms with Gasteiger partial charge in [0.2, 0.25) is 10.0 Å². The molecule has 0 atom stereocenters. The molecule has 6 heteroatoms. The van der Waals surface area contributed by atoms with Gasteiger partial charge in [0.15, 0.2) is 0 Å². The molecule has 0 aliphatic rings. The number of nitrogens with zero attached hydrogens (tertiary/aromatic N) is 2. The van der Waals surface area contributed by atoms with Gasteiger partial charge in [-0.1, -0.05) is 63.2 Å². The molecule has 0 amide bonds. The summed E-state index contributed by atoms with van der Waals surface area (Å²) in [4.78, 5) is 4.71. The van der Waals surface area contributed by atoms with E-state index in [4.69, 9.17) is 0 Å². The standard InChI is InChI=1S/C22H27N3O2S/c1-22(2,3)19-10-12-20(13-11-19)28(26,27)24-14-7-16-25-17-15-23-21(25)18-8-5-4-6-9-18/h4-6,8-13,15,17,24H,7,14,16H2,1-3H3. The summed E-state index contributed by atoms with van der Waals surface area (Å²) in [6.45, 7) is 7.38. The van der Waals surface area contributed by atoms with Gasteiger partial charge >= 0.3 is 0 Å². The first-order valence-corrected chi connectivity index (χ1v) is 10.9. The Morgan fingerprint density at radius 1 is 1.00 bits per heavy atom. The summed E-state index contributed by atoms with van der Waals surface area (Å²) >= 11 is 0. The van der Waals surface area contributed by atoms with Gasteiger partial charge in [0.05, 0.1) is 4.90 Å². The van der Waals surface area contributed by atoms with Gasteiger partial charge in [-0.2, -0.15) is 0 Å². The number of sulfonamides is 1. The molecule has 2 aromatic carbocycles. The highest BCUT2D eigenvalue weighted by molar-refractivity contribution is 7.89. The van der Waals surface area contributed by atoms with E-state index in [1.807, 2.05) is 53.2 Å². The minimum absolute atomic E-state index is 0.00300. The van der Waals surface area contributed by atoms with Crippen LogP contribution >= 0.6 is 0 Å². The van der Waals surface area contributed by atoms with Crippen molar-refractivity contribution in [3.8, 4) is 11.4 Å². The Morgan fingerprint density at radius 3 is 2.32 bits per heavy atom. The van der Waals surface area contributed by atoms with Crippen LogP contribution in [-0.4, -0.2) is 24.5 Å². The molecular formula is C22H27N3O2S. The third-order valence-corrected chi connectivity index (χ3v) is 6.12. The maximum Gasteiger partial charge on any atom is 0.240 e. The summed E-state index contributed by atoms with van der Waals surface area (Å²) in [5.74, 6) is 0.890. The van der Waals surface area contributed by atoms with Crippen LogP contribution in [0.4, 0.5) is 0 Å². The molecule has 0 saturated heterocycles. The molecule has 28 heavy (non-hydrogen) atoms. The molecule has 1 heterocycles. The Hall–Kier alpha value is -2.44. The molecular weight excluding hydrogens is 370 g/mol. The molecule has 0 aliphatic carbocycles. The van der Waals surface area contributed by atoms with E-state index in [0.717, 1.165) is 17.0 Å². The number of hydrogen-bond acceptors (Lipinski definition) is 3. The Morgan fingerprint density at radius 2 is 1.68 bits per heavy atom. The van der Waals surface area contributed by atoms with Gasteiger partial charge in [0, 0.05) is 31.0 Å². The minimum Gasteiger partial charge on any atom is -0.331 e. The number of nitrogens with one attached hydrogen (secondary N) is 1. The van der Waals surface area contributed by atoms with Gasteiger partial charge in [-0.05, 0) is 29.5 Å². The van der Waals surface area contributed by atoms with Gasteiger partial charge < -0.3 is 4.57 Å². The van der Waals surface area contributed by atoms with Gasteiger partial charge in [-0.25, -0.2) is 18.1 Å². The first-order chi connectivity index (χ1) is 13.3. The molecule has 0 aliphatic heterocycles. The number of imidazole rings is 1. The summed E-state index contributed by atoms with van der Waals surface area (Å²) in [5, 5.41) is 0. The summed E-state index contributed by atoms with van der Waals surface area (Å²) in [5.41, 5.74) is 2.16. The number of benzene rings is 2. The van der Waals surface area contributed by atoms with Gasteiger partial charge in [-0.15, -0.1) is 0 Å². The lowest BCUT2D eigenvalue weighted by molar-refractivity contribution is 0.569. The molecule has 148 valence electrons. The summed E-state index contributed by atoms with van der Waals surface area (Å²) in [6.07, 6.45) is 4.36. The Kier molecular flexibility index (Phi) is 6.01. The first-order valence-electron chi connectivity index (χ1n) is 9.44. The molecule has 5 nitrogen and oxygen atoms in total. The zero-order valence-electron chi connectivity index (χ0n) is 16.6. The quantitative estimate of drug-likeness (QED) is 0.607. The van der Waals surface area contributed by atoms with Crippen molar-refractivity contribution in [1.82, 2.24) is 14.3 Å². The molecule has 0 bridgehead atoms. The predicted molar refractivity (Wildman–Crippen MR) is 113 cm³/mol. The van der Waals surface area contributed by atoms with Crippen LogP contribution in [0, 0.1) is 0 Å². The third-order valence-electron chi connectivity index (χ3n) is 4.65. The second-order valence-electron chi connectivity index (χ2n) is 7.84. The summed E-state index contributed by atoms with van der Waals surface area (Å²) < 4.78 is 29.8. The van der Waals surface area contributed by atoms with Crippen LogP contribution in [-0.2, 0) is 22.0 Å². The maximum absolute atomic E-state index is 12.5. The van der Waals surface area contributed by atoms with E-state index in [9.17, 15) is 8.42 Å². The van der Waals surface area contributed by atoms with Crippen molar-refractivity contribution >= 4 is 10.0 Å². The average Bonchev–Trinajstić information content (AvgIpc) is 3.14. The highest BCUT2D eigenvalue weighted by atomic mass is 32.2. The van der Waals surface area contributed by atoms with Crippen molar-refractivity contribution in [2.24, 2.45) is 0 Å². The normalized spacial score (nSPS) is 12.2. The first kappa shape index (κ1) is 20.3. The molecule has 0 fully saturated rings. The fourth-order valence-electron chi connectivity index (χ4n) is 3.01. The van der Waals surface area contributed by atoms with Crippen LogP contribution in [0.5, 0.6) is 0 Å². The lowest BCUT2D eigenvalue weighted by atomic mass is 9.87. The van der Waals surface area contributed by atoms with Gasteiger partial charge in [0.25, 0.3) is 0 Å². The number of rotatable bonds is 7. The molecule has 1 aromatic heterocycles. The fraction of sp³-hybridized carbons (Fsp3) is 0.318. The SMILES string of the molecule is CC(C)(C)c1ccc(S(=O)(=O)NCCCn2ccnc2-c2ccccc2)cc1. The lowest BCUT2D eigenvalue weighted by Gasteiger charge is -2.19. The van der Waals surface area contributed by atoms with Crippen molar-refractivity contribution in [3.63, 3.8) is 0 Å². The Labute approximate surface area is 167 Å². The number of aryl methyl sites for hydroxylation is 1. The van der Waals surface area contributed by atoms with E-state index in [0.29, 0.717) is 24.4 Å². The lowest BCUT2D eigenvalue weighted by Crippen LogP contribution is -2.25. The van der Waals surface area contributed by atoms with Gasteiger partial charge in [0.1, 0.15) is 5.82 Å². The Bertz CT molecular complexity index is 1000. The van der Waals surface area contributed by atoms with Crippen molar-refractivity contribution in [2.75, 3.05) is 6.54 Å². The topological polar surface area (TPSA) is 64.0 Å². The maximum atomic E-state index is 12.5. The predicted octanol–water partition coefficient (Wildman–Crippen LogP) is 4.22. The number of hydrogen-bond donors (Lipinski definition) is 1. The smallest absolute Gasteiger partial charge is 0.240 e. The second kappa shape index (κ2) is 8.29. The van der Waals surface area contributed by atoms with Crippen LogP contribution in [0.2, 0.25) is 0 Å². The van der Waals surface area contributed by atoms with Gasteiger partial charge in [-0.3, -0.25) is 0 Å². The molecule has 3 aromatic rings. The van der Waals surface area contributed by atoms with E-state index in [-0.39, 0.29) is 5.41 Å².